The summed E-state index contributed by atoms with van der Waals surface area (Å²) < 4.78 is 0. The molecule has 0 aliphatic heterocycles. The van der Waals surface area contributed by atoms with E-state index in [1.807, 2.05) is 6.92 Å². The van der Waals surface area contributed by atoms with Gasteiger partial charge in [-0.2, -0.15) is 0 Å². The van der Waals surface area contributed by atoms with Crippen molar-refractivity contribution < 1.29 is 9.90 Å². The minimum Gasteiger partial charge on any atom is -0.391 e. The molecule has 0 bridgehead atoms. The summed E-state index contributed by atoms with van der Waals surface area (Å²) >= 11 is 1.27. The van der Waals surface area contributed by atoms with Crippen molar-refractivity contribution in [2.45, 2.75) is 26.4 Å². The van der Waals surface area contributed by atoms with E-state index >= 15 is 0 Å². The molecule has 0 unspecified atom stereocenters. The highest BCUT2D eigenvalue weighted by Gasteiger charge is 2.08. The number of carbonyl (C=O) groups is 1. The van der Waals surface area contributed by atoms with Crippen LogP contribution in [-0.2, 0) is 6.61 Å². The molecule has 0 aliphatic carbocycles. The Bertz CT molecular complexity index is 270. The van der Waals surface area contributed by atoms with Crippen molar-refractivity contribution in [3.05, 3.63) is 16.1 Å². The van der Waals surface area contributed by atoms with Crippen LogP contribution in [0.4, 0.5) is 0 Å². The molecule has 66 valence electrons. The fourth-order valence-electron chi connectivity index (χ4n) is 0.844. The summed E-state index contributed by atoms with van der Waals surface area (Å²) in [6.45, 7) is 1.93. The molecule has 0 aliphatic rings. The van der Waals surface area contributed by atoms with Crippen LogP contribution in [-0.4, -0.2) is 15.9 Å². The zero-order chi connectivity index (χ0) is 8.97. The molecule has 0 amide bonds. The third-order valence-corrected chi connectivity index (χ3v) is 2.45. The summed E-state index contributed by atoms with van der Waals surface area (Å²) in [6.07, 6.45) is 2.93. The minimum absolute atomic E-state index is 0.0307. The van der Waals surface area contributed by atoms with Crippen LogP contribution in [0.15, 0.2) is 6.20 Å². The molecule has 0 atom stereocenters. The van der Waals surface area contributed by atoms with Gasteiger partial charge in [0.05, 0.1) is 11.5 Å². The highest BCUT2D eigenvalue weighted by Crippen LogP contribution is 2.14. The standard InChI is InChI=1S/C8H11NO2S/c1-2-3-7(11)8-9-4-6(5-10)12-8/h4,10H,2-3,5H2,1H3. The van der Waals surface area contributed by atoms with Gasteiger partial charge in [-0.1, -0.05) is 6.92 Å². The minimum atomic E-state index is -0.0307. The molecule has 3 nitrogen and oxygen atoms in total. The van der Waals surface area contributed by atoms with Crippen LogP contribution >= 0.6 is 11.3 Å². The zero-order valence-electron chi connectivity index (χ0n) is 6.91. The predicted octanol–water partition coefficient (Wildman–Crippen LogP) is 1.62. The molecule has 12 heavy (non-hydrogen) atoms. The summed E-state index contributed by atoms with van der Waals surface area (Å²) in [5.74, 6) is 0.0715. The lowest BCUT2D eigenvalue weighted by atomic mass is 10.2. The van der Waals surface area contributed by atoms with Gasteiger partial charge in [0, 0.05) is 12.6 Å². The van der Waals surface area contributed by atoms with Crippen molar-refractivity contribution in [2.24, 2.45) is 0 Å². The molecule has 0 saturated carbocycles. The third kappa shape index (κ3) is 2.12. The average molecular weight is 185 g/mol. The lowest BCUT2D eigenvalue weighted by molar-refractivity contribution is 0.0981. The van der Waals surface area contributed by atoms with Gasteiger partial charge in [0.15, 0.2) is 10.8 Å². The second-order valence-corrected chi connectivity index (χ2v) is 3.58. The molecule has 0 fully saturated rings. The molecule has 4 heteroatoms. The molecule has 1 aromatic heterocycles. The normalized spacial score (nSPS) is 10.2. The molecule has 0 spiro atoms. The summed E-state index contributed by atoms with van der Waals surface area (Å²) in [4.78, 5) is 15.9. The molecule has 0 saturated heterocycles. The van der Waals surface area contributed by atoms with E-state index in [0.717, 1.165) is 11.3 Å². The number of rotatable bonds is 4. The number of ketones is 1. The second kappa shape index (κ2) is 4.33. The van der Waals surface area contributed by atoms with Gasteiger partial charge in [0.25, 0.3) is 0 Å². The van der Waals surface area contributed by atoms with Gasteiger partial charge in [-0.3, -0.25) is 4.79 Å². The highest BCUT2D eigenvalue weighted by atomic mass is 32.1. The first kappa shape index (κ1) is 9.35. The van der Waals surface area contributed by atoms with Gasteiger partial charge in [-0.05, 0) is 6.42 Å². The van der Waals surface area contributed by atoms with Crippen molar-refractivity contribution >= 4 is 17.1 Å². The molecule has 1 aromatic rings. The lowest BCUT2D eigenvalue weighted by Gasteiger charge is -1.90. The van der Waals surface area contributed by atoms with Crippen molar-refractivity contribution in [3.63, 3.8) is 0 Å². The van der Waals surface area contributed by atoms with Gasteiger partial charge < -0.3 is 5.11 Å². The molecule has 1 N–H and O–H groups in total. The average Bonchev–Trinajstić information content (AvgIpc) is 2.52. The Morgan fingerprint density at radius 2 is 2.50 bits per heavy atom. The van der Waals surface area contributed by atoms with Gasteiger partial charge in [0.1, 0.15) is 0 Å². The van der Waals surface area contributed by atoms with Crippen LogP contribution in [0, 0.1) is 0 Å². The van der Waals surface area contributed by atoms with E-state index in [9.17, 15) is 4.79 Å². The van der Waals surface area contributed by atoms with Gasteiger partial charge in [-0.25, -0.2) is 4.98 Å². The molecule has 1 rings (SSSR count). The lowest BCUT2D eigenvalue weighted by Crippen LogP contribution is -1.95. The van der Waals surface area contributed by atoms with Crippen LogP contribution in [0.2, 0.25) is 0 Å². The molecule has 0 aromatic carbocycles. The molecular weight excluding hydrogens is 174 g/mol. The Hall–Kier alpha value is -0.740. The molecular formula is C8H11NO2S. The first-order chi connectivity index (χ1) is 5.77. The maximum absolute atomic E-state index is 11.2. The van der Waals surface area contributed by atoms with Crippen molar-refractivity contribution in [2.75, 3.05) is 0 Å². The van der Waals surface area contributed by atoms with Gasteiger partial charge in [-0.15, -0.1) is 11.3 Å². The van der Waals surface area contributed by atoms with E-state index in [0.29, 0.717) is 11.4 Å². The smallest absolute Gasteiger partial charge is 0.191 e. The maximum Gasteiger partial charge on any atom is 0.191 e. The largest absolute Gasteiger partial charge is 0.391 e. The topological polar surface area (TPSA) is 50.2 Å². The summed E-state index contributed by atoms with van der Waals surface area (Å²) in [5.41, 5.74) is 0. The fourth-order valence-corrected chi connectivity index (χ4v) is 1.58. The van der Waals surface area contributed by atoms with Crippen molar-refractivity contribution in [1.29, 1.82) is 0 Å². The van der Waals surface area contributed by atoms with E-state index < -0.39 is 0 Å². The van der Waals surface area contributed by atoms with E-state index in [1.165, 1.54) is 11.3 Å². The number of hydrogen-bond donors (Lipinski definition) is 1. The fraction of sp³-hybridized carbons (Fsp3) is 0.500. The van der Waals surface area contributed by atoms with Crippen LogP contribution in [0.1, 0.15) is 34.4 Å². The first-order valence-electron chi connectivity index (χ1n) is 3.86. The van der Waals surface area contributed by atoms with E-state index in [-0.39, 0.29) is 12.4 Å². The SMILES string of the molecule is CCCC(=O)c1ncc(CO)s1. The van der Waals surface area contributed by atoms with Crippen LogP contribution < -0.4 is 0 Å². The Balaban J connectivity index is 2.68. The van der Waals surface area contributed by atoms with E-state index in [4.69, 9.17) is 5.11 Å². The highest BCUT2D eigenvalue weighted by molar-refractivity contribution is 7.13. The van der Waals surface area contributed by atoms with Crippen LogP contribution in [0.3, 0.4) is 0 Å². The quantitative estimate of drug-likeness (QED) is 0.725. The van der Waals surface area contributed by atoms with Crippen LogP contribution in [0.25, 0.3) is 0 Å². The number of aliphatic hydroxyl groups excluding tert-OH is 1. The third-order valence-electron chi connectivity index (χ3n) is 1.42. The number of aliphatic hydroxyl groups is 1. The Morgan fingerprint density at radius 3 is 3.00 bits per heavy atom. The van der Waals surface area contributed by atoms with Gasteiger partial charge >= 0.3 is 0 Å². The first-order valence-corrected chi connectivity index (χ1v) is 4.68. The second-order valence-electron chi connectivity index (χ2n) is 2.46. The monoisotopic (exact) mass is 185 g/mol. The molecule has 0 radical (unpaired) electrons. The Morgan fingerprint density at radius 1 is 1.75 bits per heavy atom. The van der Waals surface area contributed by atoms with E-state index in [2.05, 4.69) is 4.98 Å². The number of carbonyl (C=O) groups excluding carboxylic acids is 1. The number of aromatic nitrogens is 1. The molecule has 1 heterocycles. The summed E-state index contributed by atoms with van der Waals surface area (Å²) in [5, 5.41) is 9.24. The van der Waals surface area contributed by atoms with E-state index in [1.54, 1.807) is 6.20 Å². The van der Waals surface area contributed by atoms with Crippen molar-refractivity contribution in [1.82, 2.24) is 4.98 Å². The number of Topliss-reactive ketones (excluding diaryl/α,β-unsaturated/α-hetero) is 1. The number of thiazole rings is 1. The maximum atomic E-state index is 11.2. The number of hydrogen-bond acceptors (Lipinski definition) is 4. The summed E-state index contributed by atoms with van der Waals surface area (Å²) in [6, 6.07) is 0. The zero-order valence-corrected chi connectivity index (χ0v) is 7.73. The Labute approximate surface area is 75.1 Å². The predicted molar refractivity (Wildman–Crippen MR) is 47.3 cm³/mol. The number of nitrogens with zero attached hydrogens (tertiary/aromatic N) is 1. The van der Waals surface area contributed by atoms with Crippen molar-refractivity contribution in [3.8, 4) is 0 Å². The Kier molecular flexibility index (Phi) is 3.37. The van der Waals surface area contributed by atoms with Crippen LogP contribution in [0.5, 0.6) is 0 Å². The summed E-state index contributed by atoms with van der Waals surface area (Å²) in [7, 11) is 0. The van der Waals surface area contributed by atoms with Gasteiger partial charge in [0.2, 0.25) is 0 Å².